The summed E-state index contributed by atoms with van der Waals surface area (Å²) in [5, 5.41) is 9.83. The minimum Gasteiger partial charge on any atom is -0.507 e. The molecule has 13 heteroatoms. The third kappa shape index (κ3) is 5.94. The van der Waals surface area contributed by atoms with Crippen LogP contribution in [0.4, 0.5) is 17.6 Å². The van der Waals surface area contributed by atoms with E-state index in [0.29, 0.717) is 11.8 Å². The monoisotopic (exact) mass is 537 g/mol. The van der Waals surface area contributed by atoms with Gasteiger partial charge in [-0.15, -0.1) is 0 Å². The fourth-order valence-electron chi connectivity index (χ4n) is 3.55. The van der Waals surface area contributed by atoms with E-state index in [1.807, 2.05) is 0 Å². The topological polar surface area (TPSA) is 122 Å². The van der Waals surface area contributed by atoms with E-state index >= 15 is 0 Å². The summed E-state index contributed by atoms with van der Waals surface area (Å²) in [5.74, 6) is -1.65. The molecule has 2 heterocycles. The van der Waals surface area contributed by atoms with Crippen molar-refractivity contribution in [3.05, 3.63) is 71.9 Å². The molecule has 8 nitrogen and oxygen atoms in total. The van der Waals surface area contributed by atoms with Crippen LogP contribution in [0.25, 0.3) is 22.2 Å². The molecule has 0 fully saturated rings. The van der Waals surface area contributed by atoms with E-state index in [1.165, 1.54) is 19.1 Å². The van der Waals surface area contributed by atoms with Gasteiger partial charge in [-0.25, -0.2) is 22.8 Å². The van der Waals surface area contributed by atoms with Gasteiger partial charge in [0.1, 0.15) is 23.5 Å². The van der Waals surface area contributed by atoms with Gasteiger partial charge >= 0.3 is 6.18 Å². The van der Waals surface area contributed by atoms with Crippen molar-refractivity contribution in [1.82, 2.24) is 14.7 Å². The second kappa shape index (κ2) is 9.90. The Labute approximate surface area is 208 Å². The summed E-state index contributed by atoms with van der Waals surface area (Å²) in [4.78, 5) is 20.6. The molecular weight excluding hydrogens is 518 g/mol. The number of furan rings is 1. The van der Waals surface area contributed by atoms with Crippen LogP contribution < -0.4 is 4.72 Å². The fraction of sp³-hybridized carbons (Fsp3) is 0.208. The molecule has 0 aliphatic rings. The molecule has 0 aliphatic heterocycles. The van der Waals surface area contributed by atoms with Gasteiger partial charge in [0.2, 0.25) is 5.09 Å². The predicted octanol–water partition coefficient (Wildman–Crippen LogP) is 4.62. The Morgan fingerprint density at radius 2 is 1.86 bits per heavy atom. The molecule has 37 heavy (non-hydrogen) atoms. The van der Waals surface area contributed by atoms with Gasteiger partial charge in [-0.2, -0.15) is 17.9 Å². The van der Waals surface area contributed by atoms with E-state index in [-0.39, 0.29) is 35.1 Å². The van der Waals surface area contributed by atoms with Crippen molar-refractivity contribution in [3.8, 4) is 17.0 Å². The molecular formula is C24H19F4N3O5S. The predicted molar refractivity (Wildman–Crippen MR) is 123 cm³/mol. The van der Waals surface area contributed by atoms with E-state index in [1.54, 1.807) is 0 Å². The lowest BCUT2D eigenvalue weighted by Crippen LogP contribution is -2.38. The quantitative estimate of drug-likeness (QED) is 0.315. The smallest absolute Gasteiger partial charge is 0.416 e. The van der Waals surface area contributed by atoms with Crippen LogP contribution in [0.3, 0.4) is 0 Å². The third-order valence-electron chi connectivity index (χ3n) is 5.49. The van der Waals surface area contributed by atoms with Gasteiger partial charge < -0.3 is 9.52 Å². The first-order chi connectivity index (χ1) is 17.3. The van der Waals surface area contributed by atoms with E-state index in [2.05, 4.69) is 14.7 Å². The number of benzene rings is 2. The summed E-state index contributed by atoms with van der Waals surface area (Å²) >= 11 is 0. The van der Waals surface area contributed by atoms with Crippen LogP contribution in [-0.4, -0.2) is 35.3 Å². The van der Waals surface area contributed by atoms with Crippen LogP contribution in [-0.2, 0) is 27.4 Å². The highest BCUT2D eigenvalue weighted by Gasteiger charge is 2.31. The largest absolute Gasteiger partial charge is 0.507 e. The van der Waals surface area contributed by atoms with Crippen molar-refractivity contribution in [2.75, 3.05) is 0 Å². The molecule has 0 unspecified atom stereocenters. The van der Waals surface area contributed by atoms with Gasteiger partial charge in [-0.05, 0) is 55.8 Å². The molecule has 2 aromatic carbocycles. The Balaban J connectivity index is 1.42. The summed E-state index contributed by atoms with van der Waals surface area (Å²) in [6.07, 6.45) is -3.52. The van der Waals surface area contributed by atoms with Crippen molar-refractivity contribution in [1.29, 1.82) is 0 Å². The number of halogens is 4. The lowest BCUT2D eigenvalue weighted by atomic mass is 10.0. The highest BCUT2D eigenvalue weighted by molar-refractivity contribution is 7.89. The van der Waals surface area contributed by atoms with Crippen molar-refractivity contribution >= 4 is 26.8 Å². The molecule has 0 amide bonds. The van der Waals surface area contributed by atoms with Gasteiger partial charge in [-0.3, -0.25) is 4.79 Å². The van der Waals surface area contributed by atoms with E-state index in [0.717, 1.165) is 36.7 Å². The van der Waals surface area contributed by atoms with Crippen molar-refractivity contribution < 1.29 is 40.3 Å². The number of aryl methyl sites for hydroxylation is 1. The van der Waals surface area contributed by atoms with Crippen LogP contribution in [0.2, 0.25) is 0 Å². The first kappa shape index (κ1) is 26.2. The Morgan fingerprint density at radius 3 is 2.57 bits per heavy atom. The molecule has 0 bridgehead atoms. The van der Waals surface area contributed by atoms with Crippen LogP contribution in [0.5, 0.6) is 5.75 Å². The molecule has 0 aliphatic carbocycles. The summed E-state index contributed by atoms with van der Waals surface area (Å²) in [7, 11) is -4.22. The molecule has 4 rings (SSSR count). The molecule has 0 radical (unpaired) electrons. The number of phenols is 1. The number of hydrogen-bond donors (Lipinski definition) is 2. The maximum absolute atomic E-state index is 13.4. The van der Waals surface area contributed by atoms with Gasteiger partial charge in [0, 0.05) is 29.1 Å². The van der Waals surface area contributed by atoms with E-state index in [4.69, 9.17) is 4.42 Å². The van der Waals surface area contributed by atoms with Crippen molar-refractivity contribution in [2.24, 2.45) is 0 Å². The van der Waals surface area contributed by atoms with Crippen molar-refractivity contribution in [2.45, 2.75) is 37.1 Å². The molecule has 0 saturated carbocycles. The summed E-state index contributed by atoms with van der Waals surface area (Å²) in [6.45, 7) is 1.36. The lowest BCUT2D eigenvalue weighted by Gasteiger charge is -2.12. The number of phenolic OH excluding ortho intramolecular Hbond substituents is 1. The summed E-state index contributed by atoms with van der Waals surface area (Å²) < 4.78 is 84.6. The number of carbonyl (C=O) groups excluding carboxylic acids is 1. The van der Waals surface area contributed by atoms with E-state index < -0.39 is 50.2 Å². The number of alkyl halides is 3. The number of aromatic hydroxyl groups is 1. The number of hydrogen-bond acceptors (Lipinski definition) is 7. The van der Waals surface area contributed by atoms with Crippen LogP contribution in [0, 0.1) is 5.82 Å². The molecule has 2 aromatic heterocycles. The highest BCUT2D eigenvalue weighted by Crippen LogP contribution is 2.36. The van der Waals surface area contributed by atoms with Gasteiger partial charge in [0.15, 0.2) is 5.78 Å². The molecule has 194 valence electrons. The minimum absolute atomic E-state index is 0.0508. The maximum Gasteiger partial charge on any atom is 0.416 e. The zero-order chi connectivity index (χ0) is 27.0. The fourth-order valence-corrected chi connectivity index (χ4v) is 4.75. The Hall–Kier alpha value is -3.84. The number of sulfonamides is 1. The van der Waals surface area contributed by atoms with E-state index in [9.17, 15) is 35.9 Å². The van der Waals surface area contributed by atoms with Gasteiger partial charge in [-0.1, -0.05) is 0 Å². The number of aromatic nitrogens is 2. The molecule has 4 aromatic rings. The number of Topliss-reactive ketones (excluding diaryl/α,β-unsaturated/α-hetero) is 1. The highest BCUT2D eigenvalue weighted by atomic mass is 32.2. The first-order valence-electron chi connectivity index (χ1n) is 10.8. The summed E-state index contributed by atoms with van der Waals surface area (Å²) in [5.41, 5.74) is -0.292. The van der Waals surface area contributed by atoms with Gasteiger partial charge in [0.05, 0.1) is 17.3 Å². The first-order valence-corrected chi connectivity index (χ1v) is 12.3. The zero-order valence-corrected chi connectivity index (χ0v) is 19.9. The summed E-state index contributed by atoms with van der Waals surface area (Å²) in [6, 6.07) is 7.45. The number of rotatable bonds is 8. The maximum atomic E-state index is 13.4. The van der Waals surface area contributed by atoms with Gasteiger partial charge in [0.25, 0.3) is 10.0 Å². The van der Waals surface area contributed by atoms with Crippen LogP contribution >= 0.6 is 0 Å². The second-order valence-corrected chi connectivity index (χ2v) is 9.83. The number of nitrogens with zero attached hydrogens (tertiary/aromatic N) is 2. The SMILES string of the molecule is C[C@H](NS(=O)(=O)c1cc2cc(F)ccc2o1)C(=O)CCc1cc(-c2ccc(C(F)(F)F)cc2O)ncn1. The number of nitrogens with one attached hydrogen (secondary N) is 1. The standard InChI is InChI=1S/C24H19F4N3O5S/c1-13(31-37(34,35)23-9-14-8-16(25)3-7-22(14)36-23)20(32)6-4-17-11-19(30-12-29-17)18-5-2-15(10-21(18)33)24(26,27)28/h2-3,5,7-13,31,33H,4,6H2,1H3/t13-/m0/s1. The van der Waals surface area contributed by atoms with Crippen LogP contribution in [0.15, 0.2) is 64.4 Å². The molecule has 2 N–H and O–H groups in total. The lowest BCUT2D eigenvalue weighted by molar-refractivity contribution is -0.137. The second-order valence-electron chi connectivity index (χ2n) is 8.18. The number of fused-ring (bicyclic) bond motifs is 1. The minimum atomic E-state index is -4.62. The van der Waals surface area contributed by atoms with Crippen molar-refractivity contribution in [3.63, 3.8) is 0 Å². The number of carbonyl (C=O) groups is 1. The Morgan fingerprint density at radius 1 is 1.11 bits per heavy atom. The Bertz CT molecular complexity index is 1590. The molecule has 0 spiro atoms. The normalized spacial score (nSPS) is 13.1. The average Bonchev–Trinajstić information content (AvgIpc) is 3.26. The number of ketones is 1. The molecule has 0 saturated heterocycles. The Kier molecular flexibility index (Phi) is 7.02. The van der Waals surface area contributed by atoms with Crippen LogP contribution in [0.1, 0.15) is 24.6 Å². The average molecular weight is 537 g/mol. The third-order valence-corrected chi connectivity index (χ3v) is 6.88. The zero-order valence-electron chi connectivity index (χ0n) is 19.1. The molecule has 1 atom stereocenters.